The van der Waals surface area contributed by atoms with E-state index in [2.05, 4.69) is 24.1 Å². The number of nitro benzene ring substituents is 1. The van der Waals surface area contributed by atoms with Gasteiger partial charge in [0, 0.05) is 36.6 Å². The molecule has 0 saturated heterocycles. The van der Waals surface area contributed by atoms with Crippen LogP contribution < -0.4 is 10.2 Å². The fourth-order valence-electron chi connectivity index (χ4n) is 3.78. The van der Waals surface area contributed by atoms with Gasteiger partial charge in [0.25, 0.3) is 17.5 Å². The summed E-state index contributed by atoms with van der Waals surface area (Å²) in [5.74, 6) is -0.924. The number of imide groups is 1. The summed E-state index contributed by atoms with van der Waals surface area (Å²) in [6, 6.07) is 13.2. The number of anilines is 2. The summed E-state index contributed by atoms with van der Waals surface area (Å²) in [5, 5.41) is 14.1. The third-order valence-electron chi connectivity index (χ3n) is 5.57. The molecule has 180 valence electrons. The maximum atomic E-state index is 13.2. The Morgan fingerprint density at radius 3 is 2.15 bits per heavy atom. The van der Waals surface area contributed by atoms with Crippen LogP contribution in [0.25, 0.3) is 5.57 Å². The number of nitrogens with one attached hydrogen (secondary N) is 1. The van der Waals surface area contributed by atoms with Crippen LogP contribution in [0.2, 0.25) is 0 Å². The van der Waals surface area contributed by atoms with Gasteiger partial charge in [0.15, 0.2) is 0 Å². The molecular formula is C25H30N4O5. The summed E-state index contributed by atoms with van der Waals surface area (Å²) in [6.07, 6.45) is -0.0307. The first-order valence-corrected chi connectivity index (χ1v) is 11.4. The molecule has 2 aromatic carbocycles. The van der Waals surface area contributed by atoms with Gasteiger partial charge in [-0.25, -0.2) is 0 Å². The lowest BCUT2D eigenvalue weighted by molar-refractivity contribution is -0.384. The Kier molecular flexibility index (Phi) is 8.01. The predicted octanol–water partition coefficient (Wildman–Crippen LogP) is 4.06. The molecule has 0 saturated carbocycles. The molecule has 2 amide bonds. The van der Waals surface area contributed by atoms with E-state index >= 15 is 0 Å². The van der Waals surface area contributed by atoms with Crippen molar-refractivity contribution in [3.8, 4) is 0 Å². The van der Waals surface area contributed by atoms with Crippen LogP contribution >= 0.6 is 0 Å². The number of non-ortho nitro benzene ring substituents is 1. The third kappa shape index (κ3) is 5.43. The Bertz CT molecular complexity index is 1070. The summed E-state index contributed by atoms with van der Waals surface area (Å²) in [7, 11) is 0. The smallest absolute Gasteiger partial charge is 0.278 e. The number of rotatable bonds is 11. The van der Waals surface area contributed by atoms with Gasteiger partial charge >= 0.3 is 0 Å². The first-order chi connectivity index (χ1) is 16.3. The summed E-state index contributed by atoms with van der Waals surface area (Å²) in [4.78, 5) is 40.4. The van der Waals surface area contributed by atoms with E-state index in [0.29, 0.717) is 11.3 Å². The molecule has 0 unspecified atom stereocenters. The first kappa shape index (κ1) is 24.9. The van der Waals surface area contributed by atoms with Crippen molar-refractivity contribution in [2.24, 2.45) is 0 Å². The summed E-state index contributed by atoms with van der Waals surface area (Å²) < 4.78 is 5.53. The standard InChI is InChI=1S/C25H30N4O5/c1-5-27(6-2)20-13-9-19(10-14-20)26-23-22(18-7-11-21(12-8-18)29(32)33)24(30)28(25(23)31)15-16-34-17(3)4/h7-14,17,26H,5-6,15-16H2,1-4H3. The molecule has 1 heterocycles. The van der Waals surface area contributed by atoms with E-state index in [-0.39, 0.29) is 36.2 Å². The molecule has 0 aromatic heterocycles. The first-order valence-electron chi connectivity index (χ1n) is 11.4. The second kappa shape index (κ2) is 10.9. The number of hydrogen-bond acceptors (Lipinski definition) is 7. The van der Waals surface area contributed by atoms with Crippen LogP contribution in [0.1, 0.15) is 33.3 Å². The molecule has 0 aliphatic carbocycles. The van der Waals surface area contributed by atoms with Gasteiger partial charge in [-0.15, -0.1) is 0 Å². The fourth-order valence-corrected chi connectivity index (χ4v) is 3.78. The van der Waals surface area contributed by atoms with Crippen molar-refractivity contribution in [2.45, 2.75) is 33.8 Å². The number of nitro groups is 1. The van der Waals surface area contributed by atoms with Gasteiger partial charge in [0.05, 0.1) is 29.8 Å². The van der Waals surface area contributed by atoms with E-state index in [9.17, 15) is 19.7 Å². The zero-order valence-corrected chi connectivity index (χ0v) is 19.9. The summed E-state index contributed by atoms with van der Waals surface area (Å²) >= 11 is 0. The SMILES string of the molecule is CCN(CC)c1ccc(NC2=C(c3ccc([N+](=O)[O-])cc3)C(=O)N(CCOC(C)C)C2=O)cc1. The molecule has 1 aliphatic rings. The summed E-state index contributed by atoms with van der Waals surface area (Å²) in [6.45, 7) is 9.99. The number of amides is 2. The van der Waals surface area contributed by atoms with E-state index in [1.807, 2.05) is 38.1 Å². The van der Waals surface area contributed by atoms with Crippen LogP contribution in [0.3, 0.4) is 0 Å². The lowest BCUT2D eigenvalue weighted by Crippen LogP contribution is -2.35. The highest BCUT2D eigenvalue weighted by Crippen LogP contribution is 2.31. The van der Waals surface area contributed by atoms with Crippen LogP contribution in [-0.4, -0.2) is 54.0 Å². The monoisotopic (exact) mass is 466 g/mol. The highest BCUT2D eigenvalue weighted by atomic mass is 16.6. The Labute approximate surface area is 199 Å². The molecule has 0 bridgehead atoms. The average molecular weight is 467 g/mol. The van der Waals surface area contributed by atoms with Crippen LogP contribution in [0.5, 0.6) is 0 Å². The molecule has 0 fully saturated rings. The Morgan fingerprint density at radius 2 is 1.62 bits per heavy atom. The van der Waals surface area contributed by atoms with Crippen molar-refractivity contribution in [1.82, 2.24) is 4.90 Å². The number of carbonyl (C=O) groups excluding carboxylic acids is 2. The maximum absolute atomic E-state index is 13.2. The molecule has 34 heavy (non-hydrogen) atoms. The van der Waals surface area contributed by atoms with Gasteiger partial charge in [-0.1, -0.05) is 0 Å². The van der Waals surface area contributed by atoms with Gasteiger partial charge in [-0.3, -0.25) is 24.6 Å². The average Bonchev–Trinajstić information content (AvgIpc) is 3.05. The lowest BCUT2D eigenvalue weighted by atomic mass is 10.0. The zero-order chi connectivity index (χ0) is 24.8. The molecule has 0 spiro atoms. The Morgan fingerprint density at radius 1 is 1.00 bits per heavy atom. The van der Waals surface area contributed by atoms with Crippen LogP contribution in [0.15, 0.2) is 54.2 Å². The van der Waals surface area contributed by atoms with Crippen molar-refractivity contribution in [3.05, 3.63) is 69.9 Å². The van der Waals surface area contributed by atoms with Gasteiger partial charge in [-0.05, 0) is 69.7 Å². The number of nitrogens with zero attached hydrogens (tertiary/aromatic N) is 3. The van der Waals surface area contributed by atoms with E-state index in [1.165, 1.54) is 24.3 Å². The number of ether oxygens (including phenoxy) is 1. The van der Waals surface area contributed by atoms with Gasteiger partial charge in [-0.2, -0.15) is 0 Å². The highest BCUT2D eigenvalue weighted by molar-refractivity contribution is 6.36. The van der Waals surface area contributed by atoms with E-state index in [1.54, 1.807) is 0 Å². The Balaban J connectivity index is 1.94. The Hall–Kier alpha value is -3.72. The van der Waals surface area contributed by atoms with Crippen LogP contribution in [-0.2, 0) is 14.3 Å². The number of hydrogen-bond donors (Lipinski definition) is 1. The zero-order valence-electron chi connectivity index (χ0n) is 19.9. The van der Waals surface area contributed by atoms with Crippen molar-refractivity contribution in [1.29, 1.82) is 0 Å². The molecular weight excluding hydrogens is 436 g/mol. The van der Waals surface area contributed by atoms with Gasteiger partial charge in [0.1, 0.15) is 5.70 Å². The second-order valence-corrected chi connectivity index (χ2v) is 8.08. The molecule has 0 atom stereocenters. The van der Waals surface area contributed by atoms with Crippen molar-refractivity contribution in [2.75, 3.05) is 36.5 Å². The fraction of sp³-hybridized carbons (Fsp3) is 0.360. The molecule has 9 heteroatoms. The highest BCUT2D eigenvalue weighted by Gasteiger charge is 2.39. The minimum atomic E-state index is -0.508. The second-order valence-electron chi connectivity index (χ2n) is 8.08. The number of carbonyl (C=O) groups is 2. The molecule has 0 radical (unpaired) electrons. The van der Waals surface area contributed by atoms with Gasteiger partial charge in [0.2, 0.25) is 0 Å². The number of benzene rings is 2. The molecule has 3 rings (SSSR count). The third-order valence-corrected chi connectivity index (χ3v) is 5.57. The topological polar surface area (TPSA) is 105 Å². The minimum Gasteiger partial charge on any atom is -0.377 e. The normalized spacial score (nSPS) is 13.7. The molecule has 1 N–H and O–H groups in total. The van der Waals surface area contributed by atoms with Crippen molar-refractivity contribution < 1.29 is 19.2 Å². The van der Waals surface area contributed by atoms with Crippen LogP contribution in [0.4, 0.5) is 17.1 Å². The quantitative estimate of drug-likeness (QED) is 0.302. The van der Waals surface area contributed by atoms with Crippen molar-refractivity contribution >= 4 is 34.4 Å². The largest absolute Gasteiger partial charge is 0.377 e. The van der Waals surface area contributed by atoms with Crippen LogP contribution in [0, 0.1) is 10.1 Å². The minimum absolute atomic E-state index is 0.0307. The molecule has 2 aromatic rings. The van der Waals surface area contributed by atoms with E-state index < -0.39 is 16.7 Å². The summed E-state index contributed by atoms with van der Waals surface area (Å²) in [5.41, 5.74) is 2.37. The lowest BCUT2D eigenvalue weighted by Gasteiger charge is -2.21. The van der Waals surface area contributed by atoms with E-state index in [4.69, 9.17) is 4.74 Å². The van der Waals surface area contributed by atoms with E-state index in [0.717, 1.165) is 23.7 Å². The van der Waals surface area contributed by atoms with Crippen molar-refractivity contribution in [3.63, 3.8) is 0 Å². The molecule has 9 nitrogen and oxygen atoms in total. The maximum Gasteiger partial charge on any atom is 0.278 e. The van der Waals surface area contributed by atoms with Gasteiger partial charge < -0.3 is 15.0 Å². The predicted molar refractivity (Wildman–Crippen MR) is 131 cm³/mol. The molecule has 1 aliphatic heterocycles.